The molecule has 0 aliphatic carbocycles. The topological polar surface area (TPSA) is 89.8 Å². The number of likely N-dealkylation sites (N-methyl/N-ethyl adjacent to an activating group) is 1. The Bertz CT molecular complexity index is 831. The molecule has 0 unspecified atom stereocenters. The summed E-state index contributed by atoms with van der Waals surface area (Å²) in [4.78, 5) is 36.3. The zero-order valence-electron chi connectivity index (χ0n) is 14.4. The molecule has 0 fully saturated rings. The minimum Gasteiger partial charge on any atom is -0.444 e. The Hall–Kier alpha value is -3.48. The van der Waals surface area contributed by atoms with Crippen LogP contribution in [0.1, 0.15) is 17.2 Å². The van der Waals surface area contributed by atoms with Crippen molar-refractivity contribution in [2.75, 3.05) is 14.1 Å². The lowest BCUT2D eigenvalue weighted by molar-refractivity contribution is -0.385. The van der Waals surface area contributed by atoms with Crippen LogP contribution in [0.25, 0.3) is 6.08 Å². The molecule has 0 radical (unpaired) electrons. The molecule has 7 heteroatoms. The van der Waals surface area contributed by atoms with Gasteiger partial charge in [-0.25, -0.2) is 4.79 Å². The summed E-state index contributed by atoms with van der Waals surface area (Å²) in [5.41, 5.74) is 0.684. The van der Waals surface area contributed by atoms with Crippen molar-refractivity contribution in [1.82, 2.24) is 4.90 Å². The summed E-state index contributed by atoms with van der Waals surface area (Å²) >= 11 is 0. The predicted octanol–water partition coefficient (Wildman–Crippen LogP) is 2.98. The molecule has 134 valence electrons. The molecule has 1 atom stereocenters. The van der Waals surface area contributed by atoms with Gasteiger partial charge in [-0.15, -0.1) is 0 Å². The molecule has 1 amide bonds. The number of hydrogen-bond acceptors (Lipinski definition) is 5. The van der Waals surface area contributed by atoms with Gasteiger partial charge in [0.25, 0.3) is 11.6 Å². The summed E-state index contributed by atoms with van der Waals surface area (Å²) < 4.78 is 5.29. The lowest BCUT2D eigenvalue weighted by Gasteiger charge is -2.20. The first kappa shape index (κ1) is 18.9. The number of carbonyl (C=O) groups excluding carboxylic acids is 2. The third kappa shape index (κ3) is 4.76. The molecule has 0 bridgehead atoms. The monoisotopic (exact) mass is 354 g/mol. The molecule has 0 aliphatic heterocycles. The van der Waals surface area contributed by atoms with Crippen LogP contribution >= 0.6 is 0 Å². The number of esters is 1. The number of ether oxygens (including phenoxy) is 1. The lowest BCUT2D eigenvalue weighted by Crippen LogP contribution is -2.30. The second-order valence-electron chi connectivity index (χ2n) is 5.61. The number of hydrogen-bond donors (Lipinski definition) is 0. The fourth-order valence-corrected chi connectivity index (χ4v) is 2.23. The van der Waals surface area contributed by atoms with E-state index < -0.39 is 17.0 Å². The minimum absolute atomic E-state index is 0.125. The van der Waals surface area contributed by atoms with Gasteiger partial charge in [0.05, 0.1) is 10.5 Å². The van der Waals surface area contributed by atoms with Crippen molar-refractivity contribution in [3.05, 3.63) is 81.9 Å². The first-order valence-electron chi connectivity index (χ1n) is 7.78. The first-order valence-corrected chi connectivity index (χ1v) is 7.78. The van der Waals surface area contributed by atoms with Gasteiger partial charge in [-0.05, 0) is 12.1 Å². The highest BCUT2D eigenvalue weighted by Gasteiger charge is 2.25. The van der Waals surface area contributed by atoms with Crippen molar-refractivity contribution >= 4 is 23.6 Å². The second-order valence-corrected chi connectivity index (χ2v) is 5.61. The molecule has 0 saturated heterocycles. The van der Waals surface area contributed by atoms with Gasteiger partial charge in [0, 0.05) is 31.8 Å². The number of nitro groups is 1. The number of carbonyl (C=O) groups is 2. The molecular formula is C19H18N2O5. The molecule has 2 rings (SSSR count). The van der Waals surface area contributed by atoms with Crippen LogP contribution in [0.2, 0.25) is 0 Å². The molecule has 7 nitrogen and oxygen atoms in total. The van der Waals surface area contributed by atoms with Crippen molar-refractivity contribution < 1.29 is 19.2 Å². The van der Waals surface area contributed by atoms with E-state index >= 15 is 0 Å². The normalized spacial score (nSPS) is 11.8. The smallest absolute Gasteiger partial charge is 0.331 e. The summed E-state index contributed by atoms with van der Waals surface area (Å²) in [7, 11) is 3.13. The quantitative estimate of drug-likeness (QED) is 0.344. The van der Waals surface area contributed by atoms with Crippen molar-refractivity contribution in [3.8, 4) is 0 Å². The summed E-state index contributed by atoms with van der Waals surface area (Å²) in [6.07, 6.45) is 1.28. The molecule has 0 aromatic heterocycles. The zero-order valence-corrected chi connectivity index (χ0v) is 14.4. The van der Waals surface area contributed by atoms with E-state index in [0.29, 0.717) is 5.56 Å². The van der Waals surface area contributed by atoms with Crippen LogP contribution in [0, 0.1) is 10.1 Å². The Labute approximate surface area is 150 Å². The third-order valence-electron chi connectivity index (χ3n) is 3.53. The van der Waals surface area contributed by atoms with E-state index in [4.69, 9.17) is 4.74 Å². The van der Waals surface area contributed by atoms with E-state index in [-0.39, 0.29) is 17.2 Å². The van der Waals surface area contributed by atoms with Crippen LogP contribution in [0.4, 0.5) is 5.69 Å². The fraction of sp³-hybridized carbons (Fsp3) is 0.158. The summed E-state index contributed by atoms with van der Waals surface area (Å²) in [5, 5.41) is 11.0. The van der Waals surface area contributed by atoms with Gasteiger partial charge in [-0.3, -0.25) is 14.9 Å². The van der Waals surface area contributed by atoms with Crippen LogP contribution in [0.3, 0.4) is 0 Å². The molecule has 26 heavy (non-hydrogen) atoms. The Morgan fingerprint density at radius 2 is 1.69 bits per heavy atom. The highest BCUT2D eigenvalue weighted by molar-refractivity contribution is 5.91. The first-order chi connectivity index (χ1) is 12.4. The van der Waals surface area contributed by atoms with Crippen LogP contribution in [-0.4, -0.2) is 35.8 Å². The van der Waals surface area contributed by atoms with Gasteiger partial charge in [-0.2, -0.15) is 0 Å². The van der Waals surface area contributed by atoms with Crippen molar-refractivity contribution in [1.29, 1.82) is 0 Å². The number of rotatable bonds is 6. The van der Waals surface area contributed by atoms with E-state index in [0.717, 1.165) is 6.08 Å². The van der Waals surface area contributed by atoms with E-state index in [1.165, 1.54) is 29.2 Å². The van der Waals surface area contributed by atoms with E-state index in [2.05, 4.69) is 0 Å². The Balaban J connectivity index is 2.20. The molecule has 0 saturated carbocycles. The molecule has 0 spiro atoms. The van der Waals surface area contributed by atoms with Crippen LogP contribution in [-0.2, 0) is 14.3 Å². The number of para-hydroxylation sites is 1. The third-order valence-corrected chi connectivity index (χ3v) is 3.53. The molecule has 0 aliphatic rings. The Kier molecular flexibility index (Phi) is 6.21. The maximum Gasteiger partial charge on any atom is 0.331 e. The van der Waals surface area contributed by atoms with Crippen molar-refractivity contribution in [2.45, 2.75) is 6.10 Å². The van der Waals surface area contributed by atoms with Crippen molar-refractivity contribution in [3.63, 3.8) is 0 Å². The van der Waals surface area contributed by atoms with Gasteiger partial charge < -0.3 is 9.64 Å². The summed E-state index contributed by atoms with van der Waals surface area (Å²) in [6.45, 7) is 0. The highest BCUT2D eigenvalue weighted by atomic mass is 16.6. The van der Waals surface area contributed by atoms with E-state index in [1.54, 1.807) is 50.5 Å². The van der Waals surface area contributed by atoms with Crippen LogP contribution in [0.15, 0.2) is 60.7 Å². The van der Waals surface area contributed by atoms with Gasteiger partial charge in [-0.1, -0.05) is 42.5 Å². The average Bonchev–Trinajstić information content (AvgIpc) is 2.64. The Morgan fingerprint density at radius 3 is 2.31 bits per heavy atom. The standard InChI is InChI=1S/C19H18N2O5/c1-20(2)19(23)18(15-9-4-3-5-10-15)26-17(22)13-12-14-8-6-7-11-16(14)21(24)25/h3-13,18H,1-2H3/b13-12+/t18-/m1/s1. The molecule has 2 aromatic carbocycles. The largest absolute Gasteiger partial charge is 0.444 e. The minimum atomic E-state index is -1.09. The van der Waals surface area contributed by atoms with Gasteiger partial charge in [0.15, 0.2) is 0 Å². The van der Waals surface area contributed by atoms with E-state index in [1.807, 2.05) is 0 Å². The Morgan fingerprint density at radius 1 is 1.08 bits per heavy atom. The predicted molar refractivity (Wildman–Crippen MR) is 96.1 cm³/mol. The van der Waals surface area contributed by atoms with Gasteiger partial charge in [0.2, 0.25) is 6.10 Å². The number of benzene rings is 2. The van der Waals surface area contributed by atoms with E-state index in [9.17, 15) is 19.7 Å². The molecule has 0 heterocycles. The average molecular weight is 354 g/mol. The molecule has 2 aromatic rings. The molecule has 0 N–H and O–H groups in total. The van der Waals surface area contributed by atoms with Crippen LogP contribution in [0.5, 0.6) is 0 Å². The summed E-state index contributed by atoms with van der Waals surface area (Å²) in [5.74, 6) is -1.16. The maximum absolute atomic E-state index is 12.3. The number of nitrogens with zero attached hydrogens (tertiary/aromatic N) is 2. The highest BCUT2D eigenvalue weighted by Crippen LogP contribution is 2.21. The SMILES string of the molecule is CN(C)C(=O)[C@H](OC(=O)/C=C/c1ccccc1[N+](=O)[O-])c1ccccc1. The lowest BCUT2D eigenvalue weighted by atomic mass is 10.1. The summed E-state index contributed by atoms with van der Waals surface area (Å²) in [6, 6.07) is 14.7. The second kappa shape index (κ2) is 8.57. The number of nitro benzene ring substituents is 1. The maximum atomic E-state index is 12.3. The van der Waals surface area contributed by atoms with Crippen molar-refractivity contribution in [2.24, 2.45) is 0 Å². The van der Waals surface area contributed by atoms with Gasteiger partial charge >= 0.3 is 5.97 Å². The number of amides is 1. The van der Waals surface area contributed by atoms with Crippen LogP contribution < -0.4 is 0 Å². The van der Waals surface area contributed by atoms with Gasteiger partial charge in [0.1, 0.15) is 0 Å². The zero-order chi connectivity index (χ0) is 19.1. The molecular weight excluding hydrogens is 336 g/mol. The fourth-order valence-electron chi connectivity index (χ4n) is 2.23.